The molecular formula is C19H35N3O2. The smallest absolute Gasteiger partial charge is 0.224 e. The van der Waals surface area contributed by atoms with Crippen molar-refractivity contribution in [2.24, 2.45) is 11.8 Å². The van der Waals surface area contributed by atoms with E-state index in [1.807, 2.05) is 4.90 Å². The lowest BCUT2D eigenvalue weighted by atomic mass is 9.90. The van der Waals surface area contributed by atoms with Gasteiger partial charge in [-0.25, -0.2) is 0 Å². The predicted molar refractivity (Wildman–Crippen MR) is 96.6 cm³/mol. The summed E-state index contributed by atoms with van der Waals surface area (Å²) in [5.74, 6) is 1.03. The summed E-state index contributed by atoms with van der Waals surface area (Å²) in [4.78, 5) is 26.9. The number of piperidine rings is 2. The second-order valence-corrected chi connectivity index (χ2v) is 7.55. The van der Waals surface area contributed by atoms with Crippen LogP contribution in [0, 0.1) is 11.8 Å². The molecule has 2 N–H and O–H groups in total. The predicted octanol–water partition coefficient (Wildman–Crippen LogP) is 2.31. The van der Waals surface area contributed by atoms with Gasteiger partial charge < -0.3 is 15.5 Å². The first kappa shape index (κ1) is 19.2. The molecule has 2 unspecified atom stereocenters. The van der Waals surface area contributed by atoms with Gasteiger partial charge in [-0.1, -0.05) is 13.3 Å². The third-order valence-corrected chi connectivity index (χ3v) is 5.63. The van der Waals surface area contributed by atoms with Gasteiger partial charge in [0.25, 0.3) is 0 Å². The van der Waals surface area contributed by atoms with Crippen molar-refractivity contribution in [2.75, 3.05) is 26.2 Å². The van der Waals surface area contributed by atoms with Gasteiger partial charge in [-0.05, 0) is 64.5 Å². The third kappa shape index (κ3) is 5.76. The van der Waals surface area contributed by atoms with E-state index in [9.17, 15) is 9.59 Å². The second kappa shape index (κ2) is 10.0. The lowest BCUT2D eigenvalue weighted by Crippen LogP contribution is -2.49. The summed E-state index contributed by atoms with van der Waals surface area (Å²) in [5, 5.41) is 6.40. The molecule has 2 heterocycles. The minimum atomic E-state index is -0.0270. The van der Waals surface area contributed by atoms with Crippen molar-refractivity contribution in [2.45, 2.75) is 71.3 Å². The van der Waals surface area contributed by atoms with Crippen LogP contribution in [0.25, 0.3) is 0 Å². The van der Waals surface area contributed by atoms with Gasteiger partial charge in [0.2, 0.25) is 11.8 Å². The summed E-state index contributed by atoms with van der Waals surface area (Å²) in [7, 11) is 0. The van der Waals surface area contributed by atoms with Gasteiger partial charge >= 0.3 is 0 Å². The zero-order valence-corrected chi connectivity index (χ0v) is 15.5. The topological polar surface area (TPSA) is 61.4 Å². The Morgan fingerprint density at radius 1 is 1.17 bits per heavy atom. The molecular weight excluding hydrogens is 302 g/mol. The van der Waals surface area contributed by atoms with Crippen LogP contribution in [-0.2, 0) is 9.59 Å². The monoisotopic (exact) mass is 337 g/mol. The molecule has 2 aliphatic rings. The molecule has 0 spiro atoms. The summed E-state index contributed by atoms with van der Waals surface area (Å²) in [5.41, 5.74) is 0. The average Bonchev–Trinajstić information content (AvgIpc) is 2.61. The number of amides is 2. The Hall–Kier alpha value is -1.10. The van der Waals surface area contributed by atoms with Crippen LogP contribution in [0.3, 0.4) is 0 Å². The number of hydrogen-bond donors (Lipinski definition) is 2. The number of carbonyl (C=O) groups excluding carboxylic acids is 2. The van der Waals surface area contributed by atoms with Gasteiger partial charge in [0.05, 0.1) is 5.92 Å². The molecule has 0 aromatic rings. The Kier molecular flexibility index (Phi) is 8.03. The van der Waals surface area contributed by atoms with E-state index in [1.54, 1.807) is 0 Å². The minimum absolute atomic E-state index is 0.0270. The van der Waals surface area contributed by atoms with Gasteiger partial charge in [-0.15, -0.1) is 0 Å². The number of likely N-dealkylation sites (tertiary alicyclic amines) is 1. The van der Waals surface area contributed by atoms with Crippen LogP contribution in [0.2, 0.25) is 0 Å². The number of nitrogens with zero attached hydrogens (tertiary/aromatic N) is 1. The largest absolute Gasteiger partial charge is 0.356 e. The first-order valence-corrected chi connectivity index (χ1v) is 9.89. The van der Waals surface area contributed by atoms with E-state index < -0.39 is 0 Å². The Labute approximate surface area is 146 Å². The molecule has 5 nitrogen and oxygen atoms in total. The summed E-state index contributed by atoms with van der Waals surface area (Å²) < 4.78 is 0. The molecule has 0 radical (unpaired) electrons. The van der Waals surface area contributed by atoms with Crippen LogP contribution in [0.5, 0.6) is 0 Å². The SMILES string of the molecule is CCCCNC(=O)C1CCC(C)N(C(=O)CCC2CCNCC2)C1. The number of rotatable bonds is 7. The van der Waals surface area contributed by atoms with Crippen LogP contribution in [0.4, 0.5) is 0 Å². The van der Waals surface area contributed by atoms with Gasteiger partial charge in [0.15, 0.2) is 0 Å². The summed E-state index contributed by atoms with van der Waals surface area (Å²) in [6, 6.07) is 0.269. The molecule has 2 rings (SSSR count). The highest BCUT2D eigenvalue weighted by atomic mass is 16.2. The highest BCUT2D eigenvalue weighted by Crippen LogP contribution is 2.25. The number of unbranched alkanes of at least 4 members (excludes halogenated alkanes) is 1. The molecule has 5 heteroatoms. The third-order valence-electron chi connectivity index (χ3n) is 5.63. The Balaban J connectivity index is 1.78. The molecule has 2 fully saturated rings. The molecule has 2 saturated heterocycles. The van der Waals surface area contributed by atoms with E-state index >= 15 is 0 Å². The lowest BCUT2D eigenvalue weighted by Gasteiger charge is -2.38. The normalized spacial score (nSPS) is 25.5. The van der Waals surface area contributed by atoms with E-state index in [4.69, 9.17) is 0 Å². The second-order valence-electron chi connectivity index (χ2n) is 7.55. The Bertz CT molecular complexity index is 407. The van der Waals surface area contributed by atoms with Crippen molar-refractivity contribution in [3.8, 4) is 0 Å². The number of hydrogen-bond acceptors (Lipinski definition) is 3. The molecule has 0 bridgehead atoms. The number of carbonyl (C=O) groups is 2. The van der Waals surface area contributed by atoms with Crippen LogP contribution in [0.15, 0.2) is 0 Å². The van der Waals surface area contributed by atoms with Crippen LogP contribution >= 0.6 is 0 Å². The van der Waals surface area contributed by atoms with Gasteiger partial charge in [-0.3, -0.25) is 9.59 Å². The van der Waals surface area contributed by atoms with E-state index in [0.717, 1.165) is 51.7 Å². The molecule has 138 valence electrons. The maximum Gasteiger partial charge on any atom is 0.224 e. The van der Waals surface area contributed by atoms with E-state index in [1.165, 1.54) is 12.8 Å². The van der Waals surface area contributed by atoms with Gasteiger partial charge in [-0.2, -0.15) is 0 Å². The molecule has 2 amide bonds. The van der Waals surface area contributed by atoms with Crippen molar-refractivity contribution in [3.63, 3.8) is 0 Å². The molecule has 0 aromatic carbocycles. The standard InChI is InChI=1S/C19H35N3O2/c1-3-4-11-21-19(24)17-7-5-15(2)22(14-17)18(23)8-6-16-9-12-20-13-10-16/h15-17,20H,3-14H2,1-2H3,(H,21,24). The summed E-state index contributed by atoms with van der Waals surface area (Å²) in [6.07, 6.45) is 7.95. The first-order chi connectivity index (χ1) is 11.6. The van der Waals surface area contributed by atoms with E-state index in [-0.39, 0.29) is 23.8 Å². The zero-order valence-electron chi connectivity index (χ0n) is 15.5. The van der Waals surface area contributed by atoms with Crippen LogP contribution < -0.4 is 10.6 Å². The van der Waals surface area contributed by atoms with Gasteiger partial charge in [0, 0.05) is 25.6 Å². The average molecular weight is 338 g/mol. The fourth-order valence-electron chi connectivity index (χ4n) is 3.84. The van der Waals surface area contributed by atoms with Crippen molar-refractivity contribution in [3.05, 3.63) is 0 Å². The Morgan fingerprint density at radius 3 is 2.62 bits per heavy atom. The van der Waals surface area contributed by atoms with Crippen LogP contribution in [0.1, 0.15) is 65.2 Å². The van der Waals surface area contributed by atoms with Crippen molar-refractivity contribution >= 4 is 11.8 Å². The molecule has 0 aliphatic carbocycles. The summed E-state index contributed by atoms with van der Waals surface area (Å²) >= 11 is 0. The number of nitrogens with one attached hydrogen (secondary N) is 2. The lowest BCUT2D eigenvalue weighted by molar-refractivity contribution is -0.138. The van der Waals surface area contributed by atoms with E-state index in [2.05, 4.69) is 24.5 Å². The molecule has 24 heavy (non-hydrogen) atoms. The van der Waals surface area contributed by atoms with Crippen molar-refractivity contribution < 1.29 is 9.59 Å². The molecule has 2 aliphatic heterocycles. The summed E-state index contributed by atoms with van der Waals surface area (Å²) in [6.45, 7) is 7.76. The minimum Gasteiger partial charge on any atom is -0.356 e. The van der Waals surface area contributed by atoms with Crippen LogP contribution in [-0.4, -0.2) is 48.9 Å². The maximum absolute atomic E-state index is 12.7. The maximum atomic E-state index is 12.7. The van der Waals surface area contributed by atoms with Crippen molar-refractivity contribution in [1.29, 1.82) is 0 Å². The zero-order chi connectivity index (χ0) is 17.4. The van der Waals surface area contributed by atoms with Crippen molar-refractivity contribution in [1.82, 2.24) is 15.5 Å². The highest BCUT2D eigenvalue weighted by molar-refractivity contribution is 5.81. The molecule has 0 aromatic heterocycles. The van der Waals surface area contributed by atoms with E-state index in [0.29, 0.717) is 18.9 Å². The van der Waals surface area contributed by atoms with Gasteiger partial charge in [0.1, 0.15) is 0 Å². The highest BCUT2D eigenvalue weighted by Gasteiger charge is 2.32. The Morgan fingerprint density at radius 2 is 1.92 bits per heavy atom. The fraction of sp³-hybridized carbons (Fsp3) is 0.895. The quantitative estimate of drug-likeness (QED) is 0.701. The fourth-order valence-corrected chi connectivity index (χ4v) is 3.84. The first-order valence-electron chi connectivity index (χ1n) is 9.89. The molecule has 0 saturated carbocycles. The molecule has 2 atom stereocenters.